The van der Waals surface area contributed by atoms with E-state index < -0.39 is 11.9 Å². The van der Waals surface area contributed by atoms with E-state index in [4.69, 9.17) is 5.73 Å². The third-order valence-corrected chi connectivity index (χ3v) is 3.90. The van der Waals surface area contributed by atoms with Crippen LogP contribution in [0.5, 0.6) is 0 Å². The molecule has 0 bridgehead atoms. The lowest BCUT2D eigenvalue weighted by Gasteiger charge is -2.05. The Kier molecular flexibility index (Phi) is 6.37. The molecule has 0 atom stereocenters. The van der Waals surface area contributed by atoms with Crippen LogP contribution in [0, 0.1) is 0 Å². The van der Waals surface area contributed by atoms with Crippen molar-refractivity contribution >= 4 is 46.6 Å². The Labute approximate surface area is 118 Å². The van der Waals surface area contributed by atoms with E-state index in [1.807, 2.05) is 0 Å². The van der Waals surface area contributed by atoms with Crippen molar-refractivity contribution < 1.29 is 19.1 Å². The number of carbonyl (C=O) groups excluding carboxylic acids is 3. The minimum Gasteiger partial charge on any atom is -0.465 e. The van der Waals surface area contributed by atoms with E-state index in [1.165, 1.54) is 30.2 Å². The van der Waals surface area contributed by atoms with Crippen molar-refractivity contribution in [3.63, 3.8) is 0 Å². The predicted octanol–water partition coefficient (Wildman–Crippen LogP) is 1.08. The van der Waals surface area contributed by atoms with Gasteiger partial charge in [-0.15, -0.1) is 11.3 Å². The number of nitrogens with one attached hydrogen (secondary N) is 1. The first-order chi connectivity index (χ1) is 9.04. The zero-order valence-electron chi connectivity index (χ0n) is 10.3. The van der Waals surface area contributed by atoms with Crippen LogP contribution in [0.1, 0.15) is 16.1 Å². The first kappa shape index (κ1) is 15.5. The standard InChI is InChI=1S/C11H14N2O4S2/c1-17-11(16)10-7(2-5-19-10)13-9(15)3-4-18-6-8(12)14/h2,5H,3-4,6H2,1H3,(H2,12,14)(H,13,15). The van der Waals surface area contributed by atoms with Crippen LogP contribution in [-0.2, 0) is 14.3 Å². The molecule has 19 heavy (non-hydrogen) atoms. The molecule has 3 N–H and O–H groups in total. The number of nitrogens with two attached hydrogens (primary N) is 1. The summed E-state index contributed by atoms with van der Waals surface area (Å²) >= 11 is 2.49. The zero-order chi connectivity index (χ0) is 14.3. The number of hydrogen-bond acceptors (Lipinski definition) is 6. The van der Waals surface area contributed by atoms with Crippen LogP contribution in [-0.4, -0.2) is 36.4 Å². The van der Waals surface area contributed by atoms with E-state index in [1.54, 1.807) is 11.4 Å². The minimum absolute atomic E-state index is 0.194. The van der Waals surface area contributed by atoms with Crippen LogP contribution in [0.2, 0.25) is 0 Å². The molecule has 0 saturated heterocycles. The summed E-state index contributed by atoms with van der Waals surface area (Å²) < 4.78 is 4.61. The molecule has 0 aliphatic heterocycles. The maximum Gasteiger partial charge on any atom is 0.350 e. The highest BCUT2D eigenvalue weighted by molar-refractivity contribution is 7.99. The summed E-state index contributed by atoms with van der Waals surface area (Å²) in [5.41, 5.74) is 5.42. The molecule has 0 unspecified atom stereocenters. The summed E-state index contributed by atoms with van der Waals surface area (Å²) in [7, 11) is 1.29. The van der Waals surface area contributed by atoms with Gasteiger partial charge in [0.2, 0.25) is 11.8 Å². The fourth-order valence-electron chi connectivity index (χ4n) is 1.21. The summed E-state index contributed by atoms with van der Waals surface area (Å²) in [5, 5.41) is 4.33. The Morgan fingerprint density at radius 2 is 2.21 bits per heavy atom. The van der Waals surface area contributed by atoms with E-state index in [2.05, 4.69) is 10.1 Å². The minimum atomic E-state index is -0.478. The van der Waals surface area contributed by atoms with Crippen LogP contribution < -0.4 is 11.1 Å². The molecule has 0 aliphatic rings. The highest BCUT2D eigenvalue weighted by Crippen LogP contribution is 2.23. The van der Waals surface area contributed by atoms with Crippen molar-refractivity contribution in [3.05, 3.63) is 16.3 Å². The Morgan fingerprint density at radius 3 is 2.84 bits per heavy atom. The second kappa shape index (κ2) is 7.80. The van der Waals surface area contributed by atoms with Crippen LogP contribution in [0.15, 0.2) is 11.4 Å². The summed E-state index contributed by atoms with van der Waals surface area (Å²) in [6.07, 6.45) is 0.244. The predicted molar refractivity (Wildman–Crippen MR) is 75.4 cm³/mol. The van der Waals surface area contributed by atoms with Gasteiger partial charge < -0.3 is 15.8 Å². The monoisotopic (exact) mass is 302 g/mol. The topological polar surface area (TPSA) is 98.5 Å². The van der Waals surface area contributed by atoms with Crippen molar-refractivity contribution in [3.8, 4) is 0 Å². The van der Waals surface area contributed by atoms with Crippen LogP contribution in [0.25, 0.3) is 0 Å². The van der Waals surface area contributed by atoms with Crippen molar-refractivity contribution in [1.82, 2.24) is 0 Å². The van der Waals surface area contributed by atoms with Crippen molar-refractivity contribution in [1.29, 1.82) is 0 Å². The summed E-state index contributed by atoms with van der Waals surface area (Å²) in [4.78, 5) is 33.9. The van der Waals surface area contributed by atoms with Gasteiger partial charge >= 0.3 is 5.97 Å². The number of hydrogen-bond donors (Lipinski definition) is 2. The molecule has 1 aromatic rings. The van der Waals surface area contributed by atoms with Crippen LogP contribution in [0.4, 0.5) is 5.69 Å². The molecule has 8 heteroatoms. The Hall–Kier alpha value is -1.54. The first-order valence-corrected chi connectivity index (χ1v) is 7.39. The molecule has 2 amide bonds. The van der Waals surface area contributed by atoms with Gasteiger partial charge in [0.1, 0.15) is 4.88 Å². The van der Waals surface area contributed by atoms with Crippen molar-refractivity contribution in [2.24, 2.45) is 5.73 Å². The highest BCUT2D eigenvalue weighted by atomic mass is 32.2. The van der Waals surface area contributed by atoms with Crippen molar-refractivity contribution in [2.45, 2.75) is 6.42 Å². The number of methoxy groups -OCH3 is 1. The van der Waals surface area contributed by atoms with Crippen LogP contribution >= 0.6 is 23.1 Å². The van der Waals surface area contributed by atoms with Gasteiger partial charge in [0, 0.05) is 12.2 Å². The molecule has 1 aromatic heterocycles. The fourth-order valence-corrected chi connectivity index (χ4v) is 2.65. The number of rotatable bonds is 7. The highest BCUT2D eigenvalue weighted by Gasteiger charge is 2.15. The number of carbonyl (C=O) groups is 3. The van der Waals surface area contributed by atoms with E-state index in [0.717, 1.165) is 0 Å². The van der Waals surface area contributed by atoms with Gasteiger partial charge in [0.05, 0.1) is 18.6 Å². The van der Waals surface area contributed by atoms with Gasteiger partial charge in [-0.25, -0.2) is 4.79 Å². The number of ether oxygens (including phenoxy) is 1. The average molecular weight is 302 g/mol. The van der Waals surface area contributed by atoms with Crippen molar-refractivity contribution in [2.75, 3.05) is 23.9 Å². The normalized spacial score (nSPS) is 9.95. The summed E-state index contributed by atoms with van der Waals surface area (Å²) in [6.45, 7) is 0. The smallest absolute Gasteiger partial charge is 0.350 e. The molecule has 6 nitrogen and oxygen atoms in total. The van der Waals surface area contributed by atoms with E-state index in [-0.39, 0.29) is 18.1 Å². The van der Waals surface area contributed by atoms with E-state index in [0.29, 0.717) is 16.3 Å². The van der Waals surface area contributed by atoms with Crippen LogP contribution in [0.3, 0.4) is 0 Å². The van der Waals surface area contributed by atoms with Gasteiger partial charge in [0.25, 0.3) is 0 Å². The lowest BCUT2D eigenvalue weighted by atomic mass is 10.3. The molecule has 0 radical (unpaired) electrons. The summed E-state index contributed by atoms with van der Waals surface area (Å²) in [6, 6.07) is 1.64. The van der Waals surface area contributed by atoms with Gasteiger partial charge in [0.15, 0.2) is 0 Å². The number of esters is 1. The molecule has 104 valence electrons. The van der Waals surface area contributed by atoms with Gasteiger partial charge in [-0.05, 0) is 11.4 Å². The molecular formula is C11H14N2O4S2. The Balaban J connectivity index is 2.42. The van der Waals surface area contributed by atoms with Gasteiger partial charge in [-0.3, -0.25) is 9.59 Å². The SMILES string of the molecule is COC(=O)c1sccc1NC(=O)CCSCC(N)=O. The van der Waals surface area contributed by atoms with Gasteiger partial charge in [-0.1, -0.05) is 0 Å². The second-order valence-corrected chi connectivity index (χ2v) is 5.49. The molecule has 0 aromatic carbocycles. The number of amides is 2. The van der Waals surface area contributed by atoms with Gasteiger partial charge in [-0.2, -0.15) is 11.8 Å². The number of thiophene rings is 1. The fraction of sp³-hybridized carbons (Fsp3) is 0.364. The maximum atomic E-state index is 11.6. The molecule has 0 spiro atoms. The zero-order valence-corrected chi connectivity index (χ0v) is 11.9. The Morgan fingerprint density at radius 1 is 1.47 bits per heavy atom. The molecular weight excluding hydrogens is 288 g/mol. The third-order valence-electron chi connectivity index (χ3n) is 2.03. The molecule has 0 saturated carbocycles. The lowest BCUT2D eigenvalue weighted by Crippen LogP contribution is -2.16. The first-order valence-electron chi connectivity index (χ1n) is 5.36. The largest absolute Gasteiger partial charge is 0.465 e. The second-order valence-electron chi connectivity index (χ2n) is 3.47. The number of anilines is 1. The molecule has 0 aliphatic carbocycles. The lowest BCUT2D eigenvalue weighted by molar-refractivity contribution is -0.116. The maximum absolute atomic E-state index is 11.6. The number of primary amides is 1. The quantitative estimate of drug-likeness (QED) is 0.580. The Bertz CT molecular complexity index is 473. The average Bonchev–Trinajstić information content (AvgIpc) is 2.81. The van der Waals surface area contributed by atoms with E-state index in [9.17, 15) is 14.4 Å². The third kappa shape index (κ3) is 5.31. The van der Waals surface area contributed by atoms with E-state index >= 15 is 0 Å². The molecule has 1 heterocycles. The molecule has 1 rings (SSSR count). The summed E-state index contributed by atoms with van der Waals surface area (Å²) in [5.74, 6) is -0.420. The number of thioether (sulfide) groups is 1. The molecule has 0 fully saturated rings.